The van der Waals surface area contributed by atoms with E-state index >= 15 is 0 Å². The van der Waals surface area contributed by atoms with Gasteiger partial charge in [-0.3, -0.25) is 0 Å². The summed E-state index contributed by atoms with van der Waals surface area (Å²) < 4.78 is 0. The molecule has 1 N–H and O–H groups in total. The molecule has 1 heterocycles. The molecule has 0 amide bonds. The lowest BCUT2D eigenvalue weighted by Gasteiger charge is -2.20. The number of nitrogens with zero attached hydrogens (tertiary/aromatic N) is 3. The fourth-order valence-corrected chi connectivity index (χ4v) is 2.21. The first-order valence-electron chi connectivity index (χ1n) is 7.56. The first-order valence-corrected chi connectivity index (χ1v) is 7.56. The van der Waals surface area contributed by atoms with E-state index in [1.165, 1.54) is 5.56 Å². The minimum absolute atomic E-state index is 0.862. The Morgan fingerprint density at radius 2 is 1.81 bits per heavy atom. The number of hydrogen-bond donors (Lipinski definition) is 1. The van der Waals surface area contributed by atoms with Gasteiger partial charge in [0.25, 0.3) is 0 Å². The van der Waals surface area contributed by atoms with Crippen LogP contribution in [0.25, 0.3) is 0 Å². The standard InChI is InChI=1S/C17H24N4/c1-5-7-15-19-16(18-3)12-17(20-15)21(4)14-10-8-13(6-2)9-11-14/h8-12H,5-7H2,1-4H3,(H,18,19,20). The summed E-state index contributed by atoms with van der Waals surface area (Å²) in [6.45, 7) is 4.31. The number of aryl methyl sites for hydroxylation is 2. The summed E-state index contributed by atoms with van der Waals surface area (Å²) in [6.07, 6.45) is 2.99. The molecule has 4 heteroatoms. The minimum atomic E-state index is 0.862. The lowest BCUT2D eigenvalue weighted by molar-refractivity contribution is 0.832. The molecule has 0 unspecified atom stereocenters. The third-order valence-corrected chi connectivity index (χ3v) is 3.56. The van der Waals surface area contributed by atoms with Gasteiger partial charge in [0.05, 0.1) is 0 Å². The zero-order valence-electron chi connectivity index (χ0n) is 13.3. The van der Waals surface area contributed by atoms with Crippen LogP contribution in [0.5, 0.6) is 0 Å². The minimum Gasteiger partial charge on any atom is -0.373 e. The number of anilines is 3. The highest BCUT2D eigenvalue weighted by Gasteiger charge is 2.09. The molecule has 4 nitrogen and oxygen atoms in total. The number of rotatable bonds is 6. The van der Waals surface area contributed by atoms with E-state index < -0.39 is 0 Å². The molecule has 1 aromatic carbocycles. The van der Waals surface area contributed by atoms with Crippen LogP contribution in [0.2, 0.25) is 0 Å². The van der Waals surface area contributed by atoms with E-state index in [4.69, 9.17) is 0 Å². The largest absolute Gasteiger partial charge is 0.373 e. The van der Waals surface area contributed by atoms with Gasteiger partial charge in [-0.15, -0.1) is 0 Å². The van der Waals surface area contributed by atoms with Gasteiger partial charge in [-0.2, -0.15) is 0 Å². The van der Waals surface area contributed by atoms with Gasteiger partial charge in [-0.05, 0) is 30.5 Å². The van der Waals surface area contributed by atoms with Crippen LogP contribution in [0.3, 0.4) is 0 Å². The van der Waals surface area contributed by atoms with Crippen LogP contribution in [0.1, 0.15) is 31.7 Å². The van der Waals surface area contributed by atoms with Crippen molar-refractivity contribution in [1.29, 1.82) is 0 Å². The Labute approximate surface area is 127 Å². The van der Waals surface area contributed by atoms with Gasteiger partial charge in [-0.25, -0.2) is 9.97 Å². The van der Waals surface area contributed by atoms with Crippen molar-refractivity contribution >= 4 is 17.3 Å². The topological polar surface area (TPSA) is 41.1 Å². The summed E-state index contributed by atoms with van der Waals surface area (Å²) in [7, 11) is 3.93. The molecule has 1 aromatic heterocycles. The van der Waals surface area contributed by atoms with E-state index in [0.29, 0.717) is 0 Å². The lowest BCUT2D eigenvalue weighted by atomic mass is 10.1. The summed E-state index contributed by atoms with van der Waals surface area (Å²) >= 11 is 0. The molecule has 2 rings (SSSR count). The second-order valence-corrected chi connectivity index (χ2v) is 5.11. The second-order valence-electron chi connectivity index (χ2n) is 5.11. The third kappa shape index (κ3) is 3.72. The summed E-state index contributed by atoms with van der Waals surface area (Å²) in [5.74, 6) is 2.67. The number of aromatic nitrogens is 2. The summed E-state index contributed by atoms with van der Waals surface area (Å²) in [6, 6.07) is 10.6. The first kappa shape index (κ1) is 15.3. The van der Waals surface area contributed by atoms with Gasteiger partial charge in [0, 0.05) is 32.3 Å². The molecular weight excluding hydrogens is 260 g/mol. The Bertz CT molecular complexity index is 578. The fourth-order valence-electron chi connectivity index (χ4n) is 2.21. The van der Waals surface area contributed by atoms with Crippen molar-refractivity contribution in [2.75, 3.05) is 24.3 Å². The molecule has 0 saturated carbocycles. The maximum absolute atomic E-state index is 4.66. The summed E-state index contributed by atoms with van der Waals surface area (Å²) in [5, 5.41) is 3.11. The molecule has 0 aliphatic heterocycles. The average Bonchev–Trinajstić information content (AvgIpc) is 2.54. The van der Waals surface area contributed by atoms with Crippen LogP contribution in [0.15, 0.2) is 30.3 Å². The number of hydrogen-bond acceptors (Lipinski definition) is 4. The number of benzene rings is 1. The highest BCUT2D eigenvalue weighted by atomic mass is 15.2. The Morgan fingerprint density at radius 1 is 1.10 bits per heavy atom. The lowest BCUT2D eigenvalue weighted by Crippen LogP contribution is -2.13. The van der Waals surface area contributed by atoms with Crippen molar-refractivity contribution in [2.45, 2.75) is 33.1 Å². The summed E-state index contributed by atoms with van der Waals surface area (Å²) in [4.78, 5) is 11.3. The van der Waals surface area contributed by atoms with Gasteiger partial charge in [0.15, 0.2) is 0 Å². The van der Waals surface area contributed by atoms with Crippen molar-refractivity contribution < 1.29 is 0 Å². The zero-order valence-corrected chi connectivity index (χ0v) is 13.3. The Morgan fingerprint density at radius 3 is 2.38 bits per heavy atom. The molecule has 2 aromatic rings. The second kappa shape index (κ2) is 7.07. The highest BCUT2D eigenvalue weighted by molar-refractivity contribution is 5.62. The van der Waals surface area contributed by atoms with Crippen LogP contribution in [-0.4, -0.2) is 24.1 Å². The van der Waals surface area contributed by atoms with E-state index in [9.17, 15) is 0 Å². The van der Waals surface area contributed by atoms with E-state index in [1.54, 1.807) is 0 Å². The van der Waals surface area contributed by atoms with Gasteiger partial charge in [-0.1, -0.05) is 26.0 Å². The van der Waals surface area contributed by atoms with E-state index in [0.717, 1.165) is 42.4 Å². The molecule has 0 radical (unpaired) electrons. The molecule has 0 spiro atoms. The quantitative estimate of drug-likeness (QED) is 0.876. The molecule has 0 atom stereocenters. The van der Waals surface area contributed by atoms with Crippen LogP contribution in [-0.2, 0) is 12.8 Å². The van der Waals surface area contributed by atoms with Crippen LogP contribution in [0, 0.1) is 0 Å². The average molecular weight is 284 g/mol. The molecule has 21 heavy (non-hydrogen) atoms. The fraction of sp³-hybridized carbons (Fsp3) is 0.412. The number of nitrogens with one attached hydrogen (secondary N) is 1. The third-order valence-electron chi connectivity index (χ3n) is 3.56. The molecule has 112 valence electrons. The molecule has 0 fully saturated rings. The van der Waals surface area contributed by atoms with E-state index in [2.05, 4.69) is 58.3 Å². The Hall–Kier alpha value is -2.10. The first-order chi connectivity index (χ1) is 10.2. The summed E-state index contributed by atoms with van der Waals surface area (Å²) in [5.41, 5.74) is 2.48. The van der Waals surface area contributed by atoms with Crippen molar-refractivity contribution in [3.63, 3.8) is 0 Å². The monoisotopic (exact) mass is 284 g/mol. The maximum Gasteiger partial charge on any atom is 0.138 e. The Balaban J connectivity index is 2.31. The highest BCUT2D eigenvalue weighted by Crippen LogP contribution is 2.24. The van der Waals surface area contributed by atoms with Crippen LogP contribution in [0.4, 0.5) is 17.3 Å². The van der Waals surface area contributed by atoms with Crippen molar-refractivity contribution in [1.82, 2.24) is 9.97 Å². The van der Waals surface area contributed by atoms with Crippen LogP contribution < -0.4 is 10.2 Å². The van der Waals surface area contributed by atoms with Crippen LogP contribution >= 0.6 is 0 Å². The normalized spacial score (nSPS) is 10.5. The molecular formula is C17H24N4. The Kier molecular flexibility index (Phi) is 5.14. The van der Waals surface area contributed by atoms with Gasteiger partial charge < -0.3 is 10.2 Å². The van der Waals surface area contributed by atoms with Crippen molar-refractivity contribution in [3.05, 3.63) is 41.7 Å². The molecule has 0 saturated heterocycles. The SMILES string of the molecule is CCCc1nc(NC)cc(N(C)c2ccc(CC)cc2)n1. The molecule has 0 aliphatic rings. The van der Waals surface area contributed by atoms with E-state index in [-0.39, 0.29) is 0 Å². The van der Waals surface area contributed by atoms with Gasteiger partial charge in [0.1, 0.15) is 17.5 Å². The smallest absolute Gasteiger partial charge is 0.138 e. The zero-order chi connectivity index (χ0) is 15.2. The predicted molar refractivity (Wildman–Crippen MR) is 89.5 cm³/mol. The predicted octanol–water partition coefficient (Wildman–Crippen LogP) is 3.80. The van der Waals surface area contributed by atoms with Gasteiger partial charge >= 0.3 is 0 Å². The van der Waals surface area contributed by atoms with Gasteiger partial charge in [0.2, 0.25) is 0 Å². The van der Waals surface area contributed by atoms with E-state index in [1.807, 2.05) is 20.2 Å². The maximum atomic E-state index is 4.66. The molecule has 0 aliphatic carbocycles. The van der Waals surface area contributed by atoms with Crippen molar-refractivity contribution in [2.24, 2.45) is 0 Å². The molecule has 0 bridgehead atoms. The van der Waals surface area contributed by atoms with Crippen molar-refractivity contribution in [3.8, 4) is 0 Å².